The molecular formula is C24H25Cl2N3O5S. The van der Waals surface area contributed by atoms with Crippen LogP contribution in [0.4, 0.5) is 0 Å². The highest BCUT2D eigenvalue weighted by molar-refractivity contribution is 7.90. The van der Waals surface area contributed by atoms with E-state index in [-0.39, 0.29) is 47.2 Å². The minimum absolute atomic E-state index is 0.0678. The number of nitrogens with zero attached hydrogens (tertiary/aromatic N) is 2. The van der Waals surface area contributed by atoms with Crippen molar-refractivity contribution in [2.45, 2.75) is 43.9 Å². The number of benzene rings is 2. The Morgan fingerprint density at radius 2 is 1.63 bits per heavy atom. The van der Waals surface area contributed by atoms with Crippen LogP contribution in [-0.4, -0.2) is 43.4 Å². The van der Waals surface area contributed by atoms with Gasteiger partial charge in [-0.1, -0.05) is 49.2 Å². The molecule has 0 atom stereocenters. The molecular weight excluding hydrogens is 513 g/mol. The molecule has 11 heteroatoms. The first-order chi connectivity index (χ1) is 16.5. The molecule has 1 heterocycles. The van der Waals surface area contributed by atoms with Crippen LogP contribution in [0.2, 0.25) is 10.0 Å². The van der Waals surface area contributed by atoms with Gasteiger partial charge in [-0.25, -0.2) is 18.4 Å². The summed E-state index contributed by atoms with van der Waals surface area (Å²) in [6, 6.07) is 9.25. The van der Waals surface area contributed by atoms with Gasteiger partial charge in [-0.2, -0.15) is 0 Å². The van der Waals surface area contributed by atoms with Gasteiger partial charge in [-0.3, -0.25) is 9.59 Å². The van der Waals surface area contributed by atoms with Crippen molar-refractivity contribution in [1.82, 2.24) is 15.3 Å². The molecule has 0 aliphatic heterocycles. The van der Waals surface area contributed by atoms with Crippen LogP contribution < -0.4 is 5.32 Å². The third-order valence-electron chi connectivity index (χ3n) is 5.03. The van der Waals surface area contributed by atoms with Crippen molar-refractivity contribution < 1.29 is 22.7 Å². The van der Waals surface area contributed by atoms with Gasteiger partial charge in [-0.05, 0) is 42.7 Å². The lowest BCUT2D eigenvalue weighted by molar-refractivity contribution is -0.142. The molecule has 0 fully saturated rings. The van der Waals surface area contributed by atoms with Gasteiger partial charge in [0.05, 0.1) is 45.6 Å². The molecule has 0 bridgehead atoms. The Bertz CT molecular complexity index is 1360. The second-order valence-corrected chi connectivity index (χ2v) is 10.8. The van der Waals surface area contributed by atoms with Crippen LogP contribution in [-0.2, 0) is 25.1 Å². The third kappa shape index (κ3) is 6.68. The third-order valence-corrected chi connectivity index (χ3v) is 7.36. The molecule has 1 N–H and O–H groups in total. The van der Waals surface area contributed by atoms with Gasteiger partial charge in [-0.15, -0.1) is 0 Å². The quantitative estimate of drug-likeness (QED) is 0.392. The van der Waals surface area contributed by atoms with Crippen molar-refractivity contribution in [2.24, 2.45) is 0 Å². The average Bonchev–Trinajstić information content (AvgIpc) is 2.79. The average molecular weight is 538 g/mol. The van der Waals surface area contributed by atoms with Crippen molar-refractivity contribution >= 4 is 55.9 Å². The van der Waals surface area contributed by atoms with Crippen LogP contribution in [0.1, 0.15) is 54.7 Å². The highest BCUT2D eigenvalue weighted by Crippen LogP contribution is 2.30. The SMILES string of the molecule is CCOC(=O)CCNC(=O)c1ccc(CS(=O)(=O)c2nc3cc(Cl)c(Cl)cc3nc2C(C)C)cc1. The summed E-state index contributed by atoms with van der Waals surface area (Å²) in [5.41, 5.74) is 1.96. The van der Waals surface area contributed by atoms with Gasteiger partial charge in [0.2, 0.25) is 9.84 Å². The first-order valence-electron chi connectivity index (χ1n) is 10.9. The normalized spacial score (nSPS) is 11.6. The summed E-state index contributed by atoms with van der Waals surface area (Å²) in [5.74, 6) is -1.29. The molecule has 1 aromatic heterocycles. The zero-order valence-corrected chi connectivity index (χ0v) is 21.8. The smallest absolute Gasteiger partial charge is 0.307 e. The highest BCUT2D eigenvalue weighted by atomic mass is 35.5. The Hall–Kier alpha value is -2.75. The molecule has 0 aliphatic rings. The molecule has 186 valence electrons. The second-order valence-electron chi connectivity index (χ2n) is 8.09. The molecule has 1 amide bonds. The van der Waals surface area contributed by atoms with Gasteiger partial charge in [0.25, 0.3) is 5.91 Å². The van der Waals surface area contributed by atoms with Crippen molar-refractivity contribution in [1.29, 1.82) is 0 Å². The van der Waals surface area contributed by atoms with Gasteiger partial charge >= 0.3 is 5.97 Å². The number of halogens is 2. The molecule has 0 saturated heterocycles. The fourth-order valence-corrected chi connectivity index (χ4v) is 5.23. The second kappa shape index (κ2) is 11.3. The lowest BCUT2D eigenvalue weighted by Gasteiger charge is -2.14. The van der Waals surface area contributed by atoms with E-state index in [2.05, 4.69) is 15.3 Å². The number of carbonyl (C=O) groups excluding carboxylic acids is 2. The van der Waals surface area contributed by atoms with Crippen LogP contribution in [0.5, 0.6) is 0 Å². The largest absolute Gasteiger partial charge is 0.466 e. The molecule has 8 nitrogen and oxygen atoms in total. The van der Waals surface area contributed by atoms with Crippen LogP contribution in [0, 0.1) is 0 Å². The lowest BCUT2D eigenvalue weighted by Crippen LogP contribution is -2.26. The number of hydrogen-bond donors (Lipinski definition) is 1. The first-order valence-corrected chi connectivity index (χ1v) is 13.3. The van der Waals surface area contributed by atoms with Crippen molar-refractivity contribution in [3.63, 3.8) is 0 Å². The minimum Gasteiger partial charge on any atom is -0.466 e. The number of aromatic nitrogens is 2. The zero-order chi connectivity index (χ0) is 25.8. The van der Waals surface area contributed by atoms with Crippen molar-refractivity contribution in [3.8, 4) is 0 Å². The van der Waals surface area contributed by atoms with E-state index in [4.69, 9.17) is 27.9 Å². The Morgan fingerprint density at radius 3 is 2.20 bits per heavy atom. The number of esters is 1. The van der Waals surface area contributed by atoms with E-state index in [1.165, 1.54) is 18.2 Å². The minimum atomic E-state index is -3.87. The Morgan fingerprint density at radius 1 is 1.03 bits per heavy atom. The lowest BCUT2D eigenvalue weighted by atomic mass is 10.1. The standard InChI is InChI=1S/C24H25Cl2N3O5S/c1-4-34-21(30)9-10-27-23(31)16-7-5-15(6-8-16)13-35(32,33)24-22(14(2)3)28-19-11-17(25)18(26)12-20(19)29-24/h5-8,11-12,14H,4,9-10,13H2,1-3H3,(H,27,31). The summed E-state index contributed by atoms with van der Waals surface area (Å²) in [6.45, 7) is 5.80. The summed E-state index contributed by atoms with van der Waals surface area (Å²) in [5, 5.41) is 3.08. The number of nitrogens with one attached hydrogen (secondary N) is 1. The summed E-state index contributed by atoms with van der Waals surface area (Å²) < 4.78 is 31.4. The molecule has 2 aromatic carbocycles. The molecule has 35 heavy (non-hydrogen) atoms. The van der Waals surface area contributed by atoms with E-state index in [9.17, 15) is 18.0 Å². The van der Waals surface area contributed by atoms with Gasteiger partial charge in [0, 0.05) is 12.1 Å². The zero-order valence-electron chi connectivity index (χ0n) is 19.5. The fourth-order valence-electron chi connectivity index (χ4n) is 3.31. The van der Waals surface area contributed by atoms with E-state index >= 15 is 0 Å². The summed E-state index contributed by atoms with van der Waals surface area (Å²) in [7, 11) is -3.87. The molecule has 3 rings (SSSR count). The summed E-state index contributed by atoms with van der Waals surface area (Å²) in [6.07, 6.45) is 0.0678. The molecule has 0 aliphatic carbocycles. The van der Waals surface area contributed by atoms with Crippen LogP contribution in [0.3, 0.4) is 0 Å². The maximum Gasteiger partial charge on any atom is 0.307 e. The number of hydrogen-bond acceptors (Lipinski definition) is 7. The molecule has 0 unspecified atom stereocenters. The predicted molar refractivity (Wildman–Crippen MR) is 135 cm³/mol. The monoisotopic (exact) mass is 537 g/mol. The number of rotatable bonds is 9. The first kappa shape index (κ1) is 26.8. The van der Waals surface area contributed by atoms with E-state index in [0.29, 0.717) is 32.9 Å². The van der Waals surface area contributed by atoms with Crippen LogP contribution in [0.25, 0.3) is 11.0 Å². The number of ether oxygens (including phenoxy) is 1. The Labute approximate surface area is 213 Å². The predicted octanol–water partition coefficient (Wildman–Crippen LogP) is 4.72. The number of carbonyl (C=O) groups is 2. The fraction of sp³-hybridized carbons (Fsp3) is 0.333. The number of fused-ring (bicyclic) bond motifs is 1. The molecule has 0 radical (unpaired) electrons. The Balaban J connectivity index is 1.80. The van der Waals surface area contributed by atoms with Gasteiger partial charge in [0.1, 0.15) is 0 Å². The van der Waals surface area contributed by atoms with E-state index in [1.54, 1.807) is 25.1 Å². The topological polar surface area (TPSA) is 115 Å². The maximum absolute atomic E-state index is 13.3. The van der Waals surface area contributed by atoms with Gasteiger partial charge < -0.3 is 10.1 Å². The van der Waals surface area contributed by atoms with Crippen LogP contribution >= 0.6 is 23.2 Å². The highest BCUT2D eigenvalue weighted by Gasteiger charge is 2.25. The molecule has 3 aromatic rings. The van der Waals surface area contributed by atoms with Gasteiger partial charge in [0.15, 0.2) is 5.03 Å². The van der Waals surface area contributed by atoms with E-state index in [0.717, 1.165) is 0 Å². The van der Waals surface area contributed by atoms with Crippen molar-refractivity contribution in [3.05, 3.63) is 63.3 Å². The Kier molecular flexibility index (Phi) is 8.69. The number of sulfone groups is 1. The van der Waals surface area contributed by atoms with E-state index in [1.807, 2.05) is 13.8 Å². The number of amides is 1. The molecule has 0 spiro atoms. The molecule has 0 saturated carbocycles. The maximum atomic E-state index is 13.3. The van der Waals surface area contributed by atoms with E-state index < -0.39 is 15.8 Å². The van der Waals surface area contributed by atoms with Crippen molar-refractivity contribution in [2.75, 3.05) is 13.2 Å². The summed E-state index contributed by atoms with van der Waals surface area (Å²) in [4.78, 5) is 32.5. The van der Waals surface area contributed by atoms with Crippen LogP contribution in [0.15, 0.2) is 41.4 Å². The summed E-state index contributed by atoms with van der Waals surface area (Å²) >= 11 is 12.2.